The maximum Gasteiger partial charge on any atom is 0.0734 e. The topological polar surface area (TPSA) is 48.8 Å². The molecule has 20 heavy (non-hydrogen) atoms. The Labute approximate surface area is 122 Å². The minimum absolute atomic E-state index is 0.263. The predicted molar refractivity (Wildman–Crippen MR) is 81.3 cm³/mol. The highest BCUT2D eigenvalue weighted by Gasteiger charge is 2.06. The van der Waals surface area contributed by atoms with Crippen molar-refractivity contribution >= 4 is 11.6 Å². The molecule has 0 N–H and O–H groups in total. The van der Waals surface area contributed by atoms with Crippen LogP contribution in [0, 0.1) is 11.8 Å². The third-order valence-corrected chi connectivity index (χ3v) is 3.00. The van der Waals surface area contributed by atoms with Crippen molar-refractivity contribution in [1.29, 1.82) is 0 Å². The summed E-state index contributed by atoms with van der Waals surface area (Å²) in [6.45, 7) is 0. The van der Waals surface area contributed by atoms with E-state index in [0.717, 1.165) is 11.1 Å². The van der Waals surface area contributed by atoms with E-state index in [1.807, 2.05) is 42.5 Å². The minimum atomic E-state index is -0.263. The van der Waals surface area contributed by atoms with Crippen LogP contribution in [0.3, 0.4) is 0 Å². The third-order valence-electron chi connectivity index (χ3n) is 2.75. The number of azide groups is 1. The Balaban J connectivity index is 2.11. The first-order chi connectivity index (χ1) is 9.79. The number of rotatable bonds is 3. The molecule has 0 aliphatic rings. The molecular formula is C16H12ClN3. The highest BCUT2D eigenvalue weighted by molar-refractivity contribution is 6.30. The monoisotopic (exact) mass is 281 g/mol. The average molecular weight is 282 g/mol. The standard InChI is InChI=1S/C16H12ClN3/c17-15-11-9-13(10-12-15)5-4-8-16(19-20-18)14-6-2-1-3-7-14/h1-3,6-7,9-12,16H,8H2. The molecule has 2 aromatic carbocycles. The second kappa shape index (κ2) is 7.25. The van der Waals surface area contributed by atoms with Crippen molar-refractivity contribution in [3.8, 4) is 11.8 Å². The Bertz CT molecular complexity index is 662. The molecule has 0 fully saturated rings. The molecule has 0 heterocycles. The van der Waals surface area contributed by atoms with E-state index in [9.17, 15) is 0 Å². The van der Waals surface area contributed by atoms with Gasteiger partial charge >= 0.3 is 0 Å². The average Bonchev–Trinajstić information content (AvgIpc) is 2.49. The summed E-state index contributed by atoms with van der Waals surface area (Å²) in [5, 5.41) is 4.48. The highest BCUT2D eigenvalue weighted by Crippen LogP contribution is 2.20. The zero-order valence-corrected chi connectivity index (χ0v) is 11.5. The summed E-state index contributed by atoms with van der Waals surface area (Å²) in [4.78, 5) is 2.89. The van der Waals surface area contributed by atoms with Gasteiger partial charge in [0.15, 0.2) is 0 Å². The zero-order valence-electron chi connectivity index (χ0n) is 10.7. The van der Waals surface area contributed by atoms with Crippen molar-refractivity contribution in [2.45, 2.75) is 12.5 Å². The second-order valence-corrected chi connectivity index (χ2v) is 4.58. The lowest BCUT2D eigenvalue weighted by Gasteiger charge is -2.06. The summed E-state index contributed by atoms with van der Waals surface area (Å²) >= 11 is 5.81. The van der Waals surface area contributed by atoms with Gasteiger partial charge in [-0.1, -0.05) is 58.9 Å². The van der Waals surface area contributed by atoms with E-state index in [2.05, 4.69) is 21.9 Å². The molecule has 0 saturated heterocycles. The lowest BCUT2D eigenvalue weighted by Crippen LogP contribution is -1.92. The Morgan fingerprint density at radius 2 is 1.80 bits per heavy atom. The molecule has 0 aliphatic carbocycles. The molecule has 0 spiro atoms. The van der Waals surface area contributed by atoms with Gasteiger partial charge in [0.05, 0.1) is 6.04 Å². The van der Waals surface area contributed by atoms with Crippen molar-refractivity contribution in [3.63, 3.8) is 0 Å². The van der Waals surface area contributed by atoms with Crippen molar-refractivity contribution in [3.05, 3.63) is 81.2 Å². The molecule has 0 amide bonds. The van der Waals surface area contributed by atoms with Crippen LogP contribution in [0.15, 0.2) is 59.7 Å². The SMILES string of the molecule is [N-]=[N+]=NC(CC#Cc1ccc(Cl)cc1)c1ccccc1. The molecular weight excluding hydrogens is 270 g/mol. The predicted octanol–water partition coefficient (Wildman–Crippen LogP) is 5.13. The summed E-state index contributed by atoms with van der Waals surface area (Å²) < 4.78 is 0. The van der Waals surface area contributed by atoms with Gasteiger partial charge in [-0.2, -0.15) is 0 Å². The largest absolute Gasteiger partial charge is 0.0971 e. The number of halogens is 1. The van der Waals surface area contributed by atoms with Crippen LogP contribution < -0.4 is 0 Å². The van der Waals surface area contributed by atoms with Crippen LogP contribution in [0.25, 0.3) is 10.4 Å². The zero-order chi connectivity index (χ0) is 14.2. The Morgan fingerprint density at radius 3 is 2.45 bits per heavy atom. The van der Waals surface area contributed by atoms with Gasteiger partial charge < -0.3 is 0 Å². The number of hydrogen-bond acceptors (Lipinski definition) is 1. The number of nitrogens with zero attached hydrogens (tertiary/aromatic N) is 3. The summed E-state index contributed by atoms with van der Waals surface area (Å²) in [5.41, 5.74) is 10.5. The van der Waals surface area contributed by atoms with Gasteiger partial charge in [0.25, 0.3) is 0 Å². The van der Waals surface area contributed by atoms with Gasteiger partial charge in [0.1, 0.15) is 0 Å². The Kier molecular flexibility index (Phi) is 5.08. The fourth-order valence-electron chi connectivity index (χ4n) is 1.75. The van der Waals surface area contributed by atoms with Crippen LogP contribution in [-0.2, 0) is 0 Å². The normalized spacial score (nSPS) is 10.8. The third kappa shape index (κ3) is 4.07. The van der Waals surface area contributed by atoms with E-state index in [1.54, 1.807) is 12.1 Å². The summed E-state index contributed by atoms with van der Waals surface area (Å²) in [6.07, 6.45) is 0.483. The second-order valence-electron chi connectivity index (χ2n) is 4.14. The van der Waals surface area contributed by atoms with Crippen LogP contribution in [0.1, 0.15) is 23.6 Å². The van der Waals surface area contributed by atoms with Crippen LogP contribution in [0.5, 0.6) is 0 Å². The van der Waals surface area contributed by atoms with Crippen LogP contribution in [0.2, 0.25) is 5.02 Å². The number of benzene rings is 2. The molecule has 1 unspecified atom stereocenters. The highest BCUT2D eigenvalue weighted by atomic mass is 35.5. The lowest BCUT2D eigenvalue weighted by molar-refractivity contribution is 0.746. The van der Waals surface area contributed by atoms with E-state index in [1.165, 1.54) is 0 Å². The van der Waals surface area contributed by atoms with Gasteiger partial charge in [0.2, 0.25) is 0 Å². The van der Waals surface area contributed by atoms with Crippen LogP contribution in [-0.4, -0.2) is 0 Å². The summed E-state index contributed by atoms with van der Waals surface area (Å²) in [5.74, 6) is 6.09. The van der Waals surface area contributed by atoms with Crippen molar-refractivity contribution < 1.29 is 0 Å². The molecule has 2 rings (SSSR count). The molecule has 1 atom stereocenters. The van der Waals surface area contributed by atoms with Crippen LogP contribution >= 0.6 is 11.6 Å². The van der Waals surface area contributed by atoms with Gasteiger partial charge in [0, 0.05) is 21.9 Å². The maximum absolute atomic E-state index is 8.64. The van der Waals surface area contributed by atoms with Crippen molar-refractivity contribution in [1.82, 2.24) is 0 Å². The smallest absolute Gasteiger partial charge is 0.0734 e. The van der Waals surface area contributed by atoms with Gasteiger partial charge in [-0.05, 0) is 35.4 Å². The molecule has 0 aliphatic heterocycles. The van der Waals surface area contributed by atoms with E-state index in [0.29, 0.717) is 11.4 Å². The summed E-state index contributed by atoms with van der Waals surface area (Å²) in [6, 6.07) is 16.7. The maximum atomic E-state index is 8.64. The molecule has 98 valence electrons. The fourth-order valence-corrected chi connectivity index (χ4v) is 1.87. The first kappa shape index (κ1) is 14.0. The van der Waals surface area contributed by atoms with E-state index >= 15 is 0 Å². The van der Waals surface area contributed by atoms with E-state index in [4.69, 9.17) is 17.1 Å². The quantitative estimate of drug-likeness (QED) is 0.324. The molecule has 4 heteroatoms. The number of hydrogen-bond donors (Lipinski definition) is 0. The lowest BCUT2D eigenvalue weighted by atomic mass is 10.0. The first-order valence-corrected chi connectivity index (χ1v) is 6.51. The molecule has 3 nitrogen and oxygen atoms in total. The first-order valence-electron chi connectivity index (χ1n) is 6.13. The van der Waals surface area contributed by atoms with E-state index in [-0.39, 0.29) is 6.04 Å². The van der Waals surface area contributed by atoms with Crippen molar-refractivity contribution in [2.75, 3.05) is 0 Å². The molecule has 0 aromatic heterocycles. The Morgan fingerprint density at radius 1 is 1.10 bits per heavy atom. The van der Waals surface area contributed by atoms with Gasteiger partial charge in [-0.3, -0.25) is 0 Å². The van der Waals surface area contributed by atoms with Crippen LogP contribution in [0.4, 0.5) is 0 Å². The van der Waals surface area contributed by atoms with E-state index < -0.39 is 0 Å². The van der Waals surface area contributed by atoms with Crippen molar-refractivity contribution in [2.24, 2.45) is 5.11 Å². The fraction of sp³-hybridized carbons (Fsp3) is 0.125. The van der Waals surface area contributed by atoms with Gasteiger partial charge in [-0.15, -0.1) is 0 Å². The van der Waals surface area contributed by atoms with Gasteiger partial charge in [-0.25, -0.2) is 0 Å². The Hall–Kier alpha value is -2.40. The molecule has 2 aromatic rings. The summed E-state index contributed by atoms with van der Waals surface area (Å²) in [7, 11) is 0. The molecule has 0 bridgehead atoms. The molecule has 0 radical (unpaired) electrons. The minimum Gasteiger partial charge on any atom is -0.0971 e. The molecule has 0 saturated carbocycles.